The lowest BCUT2D eigenvalue weighted by Gasteiger charge is -2.07. The number of hydrogen-bond acceptors (Lipinski definition) is 3. The van der Waals surface area contributed by atoms with Crippen molar-refractivity contribution in [3.63, 3.8) is 0 Å². The molecule has 0 bridgehead atoms. The molecule has 1 aromatic rings. The van der Waals surface area contributed by atoms with Gasteiger partial charge in [-0.1, -0.05) is 0 Å². The zero-order chi connectivity index (χ0) is 13.7. The van der Waals surface area contributed by atoms with E-state index in [1.54, 1.807) is 10.7 Å². The summed E-state index contributed by atoms with van der Waals surface area (Å²) in [6.45, 7) is 6.57. The summed E-state index contributed by atoms with van der Waals surface area (Å²) in [5, 5.41) is 7.17. The fourth-order valence-electron chi connectivity index (χ4n) is 2.24. The van der Waals surface area contributed by atoms with Gasteiger partial charge in [-0.2, -0.15) is 5.10 Å². The lowest BCUT2D eigenvalue weighted by Crippen LogP contribution is -2.25. The Hall–Kier alpha value is -1.36. The first kappa shape index (κ1) is 14.1. The van der Waals surface area contributed by atoms with Crippen molar-refractivity contribution in [3.05, 3.63) is 18.0 Å². The summed E-state index contributed by atoms with van der Waals surface area (Å²) in [6, 6.07) is 2.05. The van der Waals surface area contributed by atoms with Crippen molar-refractivity contribution in [1.29, 1.82) is 0 Å². The van der Waals surface area contributed by atoms with Crippen LogP contribution >= 0.6 is 0 Å². The highest BCUT2D eigenvalue weighted by molar-refractivity contribution is 5.92. The summed E-state index contributed by atoms with van der Waals surface area (Å²) in [4.78, 5) is 11.9. The van der Waals surface area contributed by atoms with Crippen molar-refractivity contribution in [3.8, 4) is 0 Å². The second-order valence-corrected chi connectivity index (χ2v) is 5.40. The topological polar surface area (TPSA) is 56.2 Å². The number of ether oxygens (including phenoxy) is 1. The van der Waals surface area contributed by atoms with Crippen LogP contribution < -0.4 is 5.32 Å². The number of rotatable bonds is 6. The molecule has 1 atom stereocenters. The van der Waals surface area contributed by atoms with E-state index in [4.69, 9.17) is 4.74 Å². The predicted octanol–water partition coefficient (Wildman–Crippen LogP) is 2.01. The molecule has 2 heterocycles. The van der Waals surface area contributed by atoms with E-state index in [0.29, 0.717) is 18.2 Å². The lowest BCUT2D eigenvalue weighted by molar-refractivity contribution is 0.0946. The van der Waals surface area contributed by atoms with Gasteiger partial charge in [0.05, 0.1) is 0 Å². The Morgan fingerprint density at radius 3 is 3.11 bits per heavy atom. The van der Waals surface area contributed by atoms with E-state index in [0.717, 1.165) is 32.5 Å². The Balaban J connectivity index is 1.68. The minimum Gasteiger partial charge on any atom is -0.381 e. The van der Waals surface area contributed by atoms with E-state index < -0.39 is 0 Å². The minimum atomic E-state index is -0.0814. The molecule has 0 radical (unpaired) electrons. The molecular weight excluding hydrogens is 242 g/mol. The molecule has 1 fully saturated rings. The quantitative estimate of drug-likeness (QED) is 0.800. The van der Waals surface area contributed by atoms with E-state index in [1.807, 2.05) is 20.0 Å². The molecule has 5 heteroatoms. The highest BCUT2D eigenvalue weighted by atomic mass is 16.5. The van der Waals surface area contributed by atoms with Gasteiger partial charge in [-0.3, -0.25) is 9.48 Å². The van der Waals surface area contributed by atoms with Crippen molar-refractivity contribution in [1.82, 2.24) is 15.1 Å². The Morgan fingerprint density at radius 2 is 2.47 bits per heavy atom. The molecular formula is C14H23N3O2. The molecule has 1 saturated heterocycles. The molecule has 1 aromatic heterocycles. The summed E-state index contributed by atoms with van der Waals surface area (Å²) in [7, 11) is 0. The summed E-state index contributed by atoms with van der Waals surface area (Å²) in [6.07, 6.45) is 5.13. The average molecular weight is 265 g/mol. The molecule has 1 amide bonds. The summed E-state index contributed by atoms with van der Waals surface area (Å²) in [5.41, 5.74) is 0.498. The van der Waals surface area contributed by atoms with E-state index >= 15 is 0 Å². The molecule has 0 aliphatic carbocycles. The van der Waals surface area contributed by atoms with Gasteiger partial charge in [0.1, 0.15) is 5.69 Å². The monoisotopic (exact) mass is 265 g/mol. The Labute approximate surface area is 114 Å². The van der Waals surface area contributed by atoms with Crippen LogP contribution in [0.1, 0.15) is 49.6 Å². The predicted molar refractivity (Wildman–Crippen MR) is 73.1 cm³/mol. The van der Waals surface area contributed by atoms with Crippen molar-refractivity contribution in [2.24, 2.45) is 5.92 Å². The van der Waals surface area contributed by atoms with Crippen LogP contribution in [0.25, 0.3) is 0 Å². The number of amides is 1. The number of aromatic nitrogens is 2. The van der Waals surface area contributed by atoms with Gasteiger partial charge < -0.3 is 10.1 Å². The van der Waals surface area contributed by atoms with Crippen LogP contribution in [0.15, 0.2) is 12.3 Å². The first-order valence-electron chi connectivity index (χ1n) is 7.08. The van der Waals surface area contributed by atoms with Crippen LogP contribution in [0.2, 0.25) is 0 Å². The van der Waals surface area contributed by atoms with Gasteiger partial charge in [-0.25, -0.2) is 0 Å². The fourth-order valence-corrected chi connectivity index (χ4v) is 2.24. The first-order chi connectivity index (χ1) is 9.16. The molecule has 0 aromatic carbocycles. The smallest absolute Gasteiger partial charge is 0.271 e. The SMILES string of the molecule is CC(C)n1ccc(C(=O)NCCC[C@@H]2CCOC2)n1. The average Bonchev–Trinajstić information content (AvgIpc) is 3.05. The van der Waals surface area contributed by atoms with Crippen LogP contribution in [0.5, 0.6) is 0 Å². The summed E-state index contributed by atoms with van der Waals surface area (Å²) < 4.78 is 7.13. The molecule has 19 heavy (non-hydrogen) atoms. The van der Waals surface area contributed by atoms with Gasteiger partial charge >= 0.3 is 0 Å². The third-order valence-corrected chi connectivity index (χ3v) is 3.47. The molecule has 1 N–H and O–H groups in total. The number of nitrogens with one attached hydrogen (secondary N) is 1. The highest BCUT2D eigenvalue weighted by Gasteiger charge is 2.15. The van der Waals surface area contributed by atoms with Crippen molar-refractivity contribution < 1.29 is 9.53 Å². The lowest BCUT2D eigenvalue weighted by atomic mass is 10.0. The van der Waals surface area contributed by atoms with Gasteiger partial charge in [0.2, 0.25) is 0 Å². The molecule has 2 rings (SSSR count). The number of carbonyl (C=O) groups excluding carboxylic acids is 1. The normalized spacial score (nSPS) is 19.0. The van der Waals surface area contributed by atoms with Crippen LogP contribution in [0.3, 0.4) is 0 Å². The van der Waals surface area contributed by atoms with Gasteiger partial charge in [0.15, 0.2) is 0 Å². The van der Waals surface area contributed by atoms with Crippen molar-refractivity contribution in [2.75, 3.05) is 19.8 Å². The molecule has 106 valence electrons. The number of hydrogen-bond donors (Lipinski definition) is 1. The maximum atomic E-state index is 11.9. The van der Waals surface area contributed by atoms with E-state index in [2.05, 4.69) is 10.4 Å². The second kappa shape index (κ2) is 6.70. The Bertz CT molecular complexity index is 409. The Kier molecular flexibility index (Phi) is 4.96. The van der Waals surface area contributed by atoms with Gasteiger partial charge in [0, 0.05) is 32.0 Å². The number of nitrogens with zero attached hydrogens (tertiary/aromatic N) is 2. The van der Waals surface area contributed by atoms with Crippen LogP contribution in [-0.4, -0.2) is 35.4 Å². The first-order valence-corrected chi connectivity index (χ1v) is 7.08. The maximum Gasteiger partial charge on any atom is 0.271 e. The van der Waals surface area contributed by atoms with E-state index in [-0.39, 0.29) is 11.9 Å². The van der Waals surface area contributed by atoms with Crippen LogP contribution in [0.4, 0.5) is 0 Å². The standard InChI is InChI=1S/C14H23N3O2/c1-11(2)17-8-5-13(16-17)14(18)15-7-3-4-12-6-9-19-10-12/h5,8,11-12H,3-4,6-7,9-10H2,1-2H3,(H,15,18)/t12-/m1/s1. The molecule has 0 unspecified atom stereocenters. The highest BCUT2D eigenvalue weighted by Crippen LogP contribution is 2.17. The zero-order valence-electron chi connectivity index (χ0n) is 11.8. The van der Waals surface area contributed by atoms with Gasteiger partial charge in [0.25, 0.3) is 5.91 Å². The van der Waals surface area contributed by atoms with E-state index in [1.165, 1.54) is 0 Å². The van der Waals surface area contributed by atoms with Crippen LogP contribution in [0, 0.1) is 5.92 Å². The third-order valence-electron chi connectivity index (χ3n) is 3.47. The van der Waals surface area contributed by atoms with Gasteiger partial charge in [-0.15, -0.1) is 0 Å². The molecule has 1 aliphatic heterocycles. The van der Waals surface area contributed by atoms with Gasteiger partial charge in [-0.05, 0) is 45.1 Å². The number of carbonyl (C=O) groups is 1. The maximum absolute atomic E-state index is 11.9. The second-order valence-electron chi connectivity index (χ2n) is 5.40. The molecule has 0 saturated carbocycles. The van der Waals surface area contributed by atoms with Crippen LogP contribution in [-0.2, 0) is 4.74 Å². The summed E-state index contributed by atoms with van der Waals surface area (Å²) in [5.74, 6) is 0.596. The Morgan fingerprint density at radius 1 is 1.63 bits per heavy atom. The fraction of sp³-hybridized carbons (Fsp3) is 0.714. The molecule has 5 nitrogen and oxygen atoms in total. The largest absolute Gasteiger partial charge is 0.381 e. The van der Waals surface area contributed by atoms with Crippen molar-refractivity contribution >= 4 is 5.91 Å². The van der Waals surface area contributed by atoms with Crippen molar-refractivity contribution in [2.45, 2.75) is 39.2 Å². The molecule has 1 aliphatic rings. The zero-order valence-corrected chi connectivity index (χ0v) is 11.8. The third kappa shape index (κ3) is 4.06. The van der Waals surface area contributed by atoms with E-state index in [9.17, 15) is 4.79 Å². The summed E-state index contributed by atoms with van der Waals surface area (Å²) >= 11 is 0. The minimum absolute atomic E-state index is 0.0814. The molecule has 0 spiro atoms.